The second-order valence-electron chi connectivity index (χ2n) is 6.69. The van der Waals surface area contributed by atoms with E-state index in [-0.39, 0.29) is 22.6 Å². The van der Waals surface area contributed by atoms with Gasteiger partial charge in [-0.3, -0.25) is 9.59 Å². The summed E-state index contributed by atoms with van der Waals surface area (Å²) in [5.74, 6) is -1.30. The molecule has 1 aromatic heterocycles. The van der Waals surface area contributed by atoms with E-state index in [0.717, 1.165) is 0 Å². The van der Waals surface area contributed by atoms with E-state index in [1.54, 1.807) is 17.6 Å². The Morgan fingerprint density at radius 2 is 2.11 bits per heavy atom. The summed E-state index contributed by atoms with van der Waals surface area (Å²) in [5, 5.41) is 2.55. The van der Waals surface area contributed by atoms with Crippen molar-refractivity contribution in [3.05, 3.63) is 39.8 Å². The minimum absolute atomic E-state index is 0.0457. The molecule has 1 aromatic carbocycles. The van der Waals surface area contributed by atoms with Gasteiger partial charge in [0.2, 0.25) is 0 Å². The average molecular weight is 407 g/mol. The Morgan fingerprint density at radius 1 is 1.36 bits per heavy atom. The quantitative estimate of drug-likeness (QED) is 0.701. The molecule has 2 heterocycles. The van der Waals surface area contributed by atoms with Crippen LogP contribution in [0.1, 0.15) is 29.4 Å². The fraction of sp³-hybridized carbons (Fsp3) is 0.444. The van der Waals surface area contributed by atoms with Gasteiger partial charge in [-0.15, -0.1) is 0 Å². The van der Waals surface area contributed by atoms with E-state index in [4.69, 9.17) is 4.74 Å². The number of fused-ring (bicyclic) bond motifs is 1. The molecule has 1 saturated heterocycles. The van der Waals surface area contributed by atoms with Crippen molar-refractivity contribution in [3.63, 3.8) is 0 Å². The number of amides is 1. The van der Waals surface area contributed by atoms with Crippen LogP contribution in [0.2, 0.25) is 0 Å². The molecule has 1 N–H and O–H groups in total. The first kappa shape index (κ1) is 20.0. The van der Waals surface area contributed by atoms with Crippen LogP contribution in [0.25, 0.3) is 11.0 Å². The number of benzene rings is 1. The molecule has 1 aliphatic rings. The number of carbonyl (C=O) groups is 2. The second kappa shape index (κ2) is 7.70. The number of nitrogens with zero attached hydrogens (tertiary/aromatic N) is 2. The van der Waals surface area contributed by atoms with Gasteiger partial charge in [0.25, 0.3) is 11.5 Å². The van der Waals surface area contributed by atoms with Crippen LogP contribution in [0.15, 0.2) is 23.0 Å². The standard InChI is InChI=1S/C18H21N3O6S/c1-3-21-15-5-4-12(8-14(15)19-11(2)17(21)23)18(24)27-9-16(22)20-13-6-7-28(25,26)10-13/h4-5,8,13H,3,6-7,9-10H2,1-2H3,(H,20,22)/t13-/m1/s1. The zero-order valence-corrected chi connectivity index (χ0v) is 16.4. The van der Waals surface area contributed by atoms with Crippen molar-refractivity contribution in [2.45, 2.75) is 32.9 Å². The SMILES string of the molecule is CCn1c(=O)c(C)nc2cc(C(=O)OCC(=O)N[C@@H]3CCS(=O)(=O)C3)ccc21. The molecule has 0 bridgehead atoms. The maximum Gasteiger partial charge on any atom is 0.338 e. The Hall–Kier alpha value is -2.75. The summed E-state index contributed by atoms with van der Waals surface area (Å²) in [6, 6.07) is 4.19. The molecule has 0 radical (unpaired) electrons. The lowest BCUT2D eigenvalue weighted by Gasteiger charge is -2.12. The van der Waals surface area contributed by atoms with Gasteiger partial charge < -0.3 is 14.6 Å². The summed E-state index contributed by atoms with van der Waals surface area (Å²) in [6.07, 6.45) is 0.358. The van der Waals surface area contributed by atoms with Gasteiger partial charge in [0.05, 0.1) is 28.1 Å². The van der Waals surface area contributed by atoms with Crippen molar-refractivity contribution in [3.8, 4) is 0 Å². The number of rotatable bonds is 5. The lowest BCUT2D eigenvalue weighted by atomic mass is 10.2. The molecule has 0 unspecified atom stereocenters. The number of carbonyl (C=O) groups excluding carboxylic acids is 2. The molecule has 150 valence electrons. The molecular weight excluding hydrogens is 386 g/mol. The Kier molecular flexibility index (Phi) is 5.50. The zero-order valence-electron chi connectivity index (χ0n) is 15.6. The van der Waals surface area contributed by atoms with Gasteiger partial charge in [-0.25, -0.2) is 18.2 Å². The minimum atomic E-state index is -3.10. The Labute approximate surface area is 161 Å². The van der Waals surface area contributed by atoms with Gasteiger partial charge >= 0.3 is 5.97 Å². The molecule has 1 atom stereocenters. The summed E-state index contributed by atoms with van der Waals surface area (Å²) < 4.78 is 29.4. The first-order valence-electron chi connectivity index (χ1n) is 8.88. The molecule has 0 aliphatic carbocycles. The topological polar surface area (TPSA) is 124 Å². The smallest absolute Gasteiger partial charge is 0.338 e. The first-order chi connectivity index (χ1) is 13.2. The second-order valence-corrected chi connectivity index (χ2v) is 8.92. The highest BCUT2D eigenvalue weighted by atomic mass is 32.2. The number of sulfone groups is 1. The van der Waals surface area contributed by atoms with Crippen LogP contribution >= 0.6 is 0 Å². The van der Waals surface area contributed by atoms with E-state index in [2.05, 4.69) is 10.3 Å². The molecule has 1 amide bonds. The molecule has 0 saturated carbocycles. The highest BCUT2D eigenvalue weighted by Crippen LogP contribution is 2.15. The number of aromatic nitrogens is 2. The molecule has 2 aromatic rings. The van der Waals surface area contributed by atoms with Crippen molar-refractivity contribution in [1.29, 1.82) is 0 Å². The van der Waals surface area contributed by atoms with Crippen LogP contribution in [-0.2, 0) is 25.9 Å². The number of ether oxygens (including phenoxy) is 1. The van der Waals surface area contributed by atoms with Crippen LogP contribution in [0, 0.1) is 6.92 Å². The van der Waals surface area contributed by atoms with Crippen LogP contribution in [-0.4, -0.2) is 54.0 Å². The molecular formula is C18H21N3O6S. The number of hydrogen-bond donors (Lipinski definition) is 1. The summed E-state index contributed by atoms with van der Waals surface area (Å²) >= 11 is 0. The molecule has 0 spiro atoms. The summed E-state index contributed by atoms with van der Waals surface area (Å²) in [7, 11) is -3.10. The van der Waals surface area contributed by atoms with Gasteiger partial charge in [-0.2, -0.15) is 0 Å². The van der Waals surface area contributed by atoms with E-state index in [1.807, 2.05) is 6.92 Å². The van der Waals surface area contributed by atoms with Crippen LogP contribution in [0.4, 0.5) is 0 Å². The first-order valence-corrected chi connectivity index (χ1v) is 10.7. The maximum absolute atomic E-state index is 12.2. The van der Waals surface area contributed by atoms with Crippen molar-refractivity contribution in [2.24, 2.45) is 0 Å². The lowest BCUT2D eigenvalue weighted by molar-refractivity contribution is -0.124. The maximum atomic E-state index is 12.2. The van der Waals surface area contributed by atoms with Gasteiger partial charge in [-0.05, 0) is 38.5 Å². The van der Waals surface area contributed by atoms with Crippen molar-refractivity contribution < 1.29 is 22.7 Å². The summed E-state index contributed by atoms with van der Waals surface area (Å²) in [4.78, 5) is 40.5. The molecule has 9 nitrogen and oxygen atoms in total. The Bertz CT molecular complexity index is 1110. The third-order valence-corrected chi connectivity index (χ3v) is 6.36. The number of hydrogen-bond acceptors (Lipinski definition) is 7. The zero-order chi connectivity index (χ0) is 20.5. The predicted octanol–water partition coefficient (Wildman–Crippen LogP) is 0.185. The van der Waals surface area contributed by atoms with E-state index in [0.29, 0.717) is 29.7 Å². The lowest BCUT2D eigenvalue weighted by Crippen LogP contribution is -2.38. The fourth-order valence-electron chi connectivity index (χ4n) is 3.21. The van der Waals surface area contributed by atoms with E-state index in [9.17, 15) is 22.8 Å². The van der Waals surface area contributed by atoms with Crippen LogP contribution in [0.3, 0.4) is 0 Å². The van der Waals surface area contributed by atoms with Crippen molar-refractivity contribution in [1.82, 2.24) is 14.9 Å². The third kappa shape index (κ3) is 4.22. The van der Waals surface area contributed by atoms with Crippen molar-refractivity contribution >= 4 is 32.7 Å². The Balaban J connectivity index is 1.67. The number of nitrogens with one attached hydrogen (secondary N) is 1. The fourth-order valence-corrected chi connectivity index (χ4v) is 4.88. The molecule has 1 fully saturated rings. The minimum Gasteiger partial charge on any atom is -0.452 e. The third-order valence-electron chi connectivity index (χ3n) is 4.59. The normalized spacial score (nSPS) is 18.1. The number of esters is 1. The molecule has 3 rings (SSSR count). The largest absolute Gasteiger partial charge is 0.452 e. The molecule has 10 heteroatoms. The van der Waals surface area contributed by atoms with E-state index in [1.165, 1.54) is 12.1 Å². The van der Waals surface area contributed by atoms with Crippen molar-refractivity contribution in [2.75, 3.05) is 18.1 Å². The highest BCUT2D eigenvalue weighted by molar-refractivity contribution is 7.91. The van der Waals surface area contributed by atoms with Gasteiger partial charge in [0, 0.05) is 12.6 Å². The van der Waals surface area contributed by atoms with E-state index < -0.39 is 34.4 Å². The molecule has 28 heavy (non-hydrogen) atoms. The van der Waals surface area contributed by atoms with Gasteiger partial charge in [0.1, 0.15) is 5.69 Å². The Morgan fingerprint density at radius 3 is 2.75 bits per heavy atom. The monoisotopic (exact) mass is 407 g/mol. The van der Waals surface area contributed by atoms with Crippen LogP contribution < -0.4 is 10.9 Å². The highest BCUT2D eigenvalue weighted by Gasteiger charge is 2.29. The van der Waals surface area contributed by atoms with Gasteiger partial charge in [0.15, 0.2) is 16.4 Å². The average Bonchev–Trinajstić information content (AvgIpc) is 2.98. The van der Waals surface area contributed by atoms with Crippen LogP contribution in [0.5, 0.6) is 0 Å². The number of aryl methyl sites for hydroxylation is 2. The predicted molar refractivity (Wildman–Crippen MR) is 102 cm³/mol. The van der Waals surface area contributed by atoms with E-state index >= 15 is 0 Å². The van der Waals surface area contributed by atoms with Gasteiger partial charge in [-0.1, -0.05) is 0 Å². The summed E-state index contributed by atoms with van der Waals surface area (Å²) in [5.41, 5.74) is 1.43. The molecule has 1 aliphatic heterocycles. The summed E-state index contributed by atoms with van der Waals surface area (Å²) in [6.45, 7) is 3.41.